The lowest BCUT2D eigenvalue weighted by Gasteiger charge is -1.92. The van der Waals surface area contributed by atoms with Crippen molar-refractivity contribution in [2.24, 2.45) is 0 Å². The van der Waals surface area contributed by atoms with Crippen LogP contribution < -0.4 is 0 Å². The van der Waals surface area contributed by atoms with E-state index in [0.29, 0.717) is 5.41 Å². The monoisotopic (exact) mass is 204 g/mol. The van der Waals surface area contributed by atoms with E-state index in [9.17, 15) is 16.7 Å². The molecule has 0 radical (unpaired) electrons. The maximum atomic E-state index is 12.8. The Morgan fingerprint density at radius 2 is 1.85 bits per heavy atom. The van der Waals surface area contributed by atoms with E-state index in [2.05, 4.69) is 0 Å². The molecule has 13 heavy (non-hydrogen) atoms. The van der Waals surface area contributed by atoms with Gasteiger partial charge in [0.2, 0.25) is 0 Å². The lowest BCUT2D eigenvalue weighted by atomic mass is 10.2. The highest BCUT2D eigenvalue weighted by atomic mass is 32.3. The van der Waals surface area contributed by atoms with Crippen LogP contribution in [0.5, 0.6) is 0 Å². The fraction of sp³-hybridized carbons (Fsp3) is 0. The van der Waals surface area contributed by atoms with Gasteiger partial charge in [-0.1, -0.05) is 18.2 Å². The Balaban J connectivity index is 3.00. The smallest absolute Gasteiger partial charge is 0.206 e. The van der Waals surface area contributed by atoms with Gasteiger partial charge in [-0.05, 0) is 12.1 Å². The highest BCUT2D eigenvalue weighted by Gasteiger charge is 2.00. The Morgan fingerprint density at radius 3 is 2.38 bits per heavy atom. The molecule has 0 saturated carbocycles. The van der Waals surface area contributed by atoms with Gasteiger partial charge in [0.25, 0.3) is 0 Å². The van der Waals surface area contributed by atoms with Crippen molar-refractivity contribution in [1.82, 2.24) is 0 Å². The van der Waals surface area contributed by atoms with Gasteiger partial charge >= 0.3 is 10.2 Å². The Kier molecular flexibility index (Phi) is 2.77. The summed E-state index contributed by atoms with van der Waals surface area (Å²) < 4.78 is 44.8. The summed E-state index contributed by atoms with van der Waals surface area (Å²) in [5.74, 6) is -0.595. The molecule has 70 valence electrons. The lowest BCUT2D eigenvalue weighted by molar-refractivity contribution is 0.563. The third-order valence-corrected chi connectivity index (χ3v) is 1.78. The van der Waals surface area contributed by atoms with E-state index in [4.69, 9.17) is 0 Å². The zero-order valence-corrected chi connectivity index (χ0v) is 7.26. The predicted octanol–water partition coefficient (Wildman–Crippen LogP) is 2.10. The van der Waals surface area contributed by atoms with Crippen molar-refractivity contribution >= 4 is 16.3 Å². The molecule has 0 spiro atoms. The topological polar surface area (TPSA) is 34.1 Å². The number of rotatable bonds is 2. The van der Waals surface area contributed by atoms with Crippen molar-refractivity contribution in [3.05, 3.63) is 41.1 Å². The first kappa shape index (κ1) is 9.85. The van der Waals surface area contributed by atoms with Crippen molar-refractivity contribution < 1.29 is 16.7 Å². The van der Waals surface area contributed by atoms with E-state index in [0.717, 1.165) is 12.1 Å². The van der Waals surface area contributed by atoms with Crippen LogP contribution in [0.2, 0.25) is 0 Å². The van der Waals surface area contributed by atoms with Crippen molar-refractivity contribution in [3.63, 3.8) is 0 Å². The Bertz CT molecular complexity index is 424. The Hall–Kier alpha value is -1.23. The molecule has 0 aliphatic heterocycles. The molecular weight excluding hydrogens is 198 g/mol. The van der Waals surface area contributed by atoms with E-state index >= 15 is 0 Å². The molecule has 0 N–H and O–H groups in total. The molecule has 0 aliphatic carbocycles. The highest BCUT2D eigenvalue weighted by Crippen LogP contribution is 2.09. The van der Waals surface area contributed by atoms with Gasteiger partial charge in [-0.3, -0.25) is 0 Å². The summed E-state index contributed by atoms with van der Waals surface area (Å²) in [5, 5.41) is 0.311. The van der Waals surface area contributed by atoms with Crippen molar-refractivity contribution in [3.8, 4) is 0 Å². The Labute approximate surface area is 74.7 Å². The molecule has 1 aromatic rings. The second-order valence-electron chi connectivity index (χ2n) is 2.30. The maximum absolute atomic E-state index is 12.8. The third-order valence-electron chi connectivity index (χ3n) is 1.32. The molecule has 0 bridgehead atoms. The van der Waals surface area contributed by atoms with Gasteiger partial charge in [0, 0.05) is 5.56 Å². The van der Waals surface area contributed by atoms with Gasteiger partial charge in [-0.25, -0.2) is 4.39 Å². The first-order valence-corrected chi connectivity index (χ1v) is 4.81. The number of benzene rings is 1. The molecule has 0 saturated heterocycles. The van der Waals surface area contributed by atoms with E-state index in [1.807, 2.05) is 0 Å². The standard InChI is InChI=1S/C8H6F2O2S/c9-8-4-2-1-3-7(8)5-6-13(10,11)12/h1-6H/b6-5+. The van der Waals surface area contributed by atoms with E-state index in [-0.39, 0.29) is 5.56 Å². The molecule has 0 atom stereocenters. The zero-order valence-electron chi connectivity index (χ0n) is 6.44. The second-order valence-corrected chi connectivity index (χ2v) is 3.52. The Morgan fingerprint density at radius 1 is 1.23 bits per heavy atom. The molecule has 0 fully saturated rings. The minimum absolute atomic E-state index is 0.0312. The largest absolute Gasteiger partial charge is 0.325 e. The van der Waals surface area contributed by atoms with Crippen molar-refractivity contribution in [2.45, 2.75) is 0 Å². The first-order chi connectivity index (χ1) is 5.99. The minimum Gasteiger partial charge on any atom is -0.206 e. The summed E-state index contributed by atoms with van der Waals surface area (Å²) in [6.45, 7) is 0. The molecular formula is C8H6F2O2S. The van der Waals surface area contributed by atoms with Gasteiger partial charge in [0.15, 0.2) is 0 Å². The molecule has 5 heteroatoms. The van der Waals surface area contributed by atoms with Crippen LogP contribution in [0.15, 0.2) is 29.7 Å². The summed E-state index contributed by atoms with van der Waals surface area (Å²) in [5.41, 5.74) is 0.0312. The normalized spacial score (nSPS) is 12.2. The maximum Gasteiger partial charge on any atom is 0.325 e. The first-order valence-electron chi connectivity index (χ1n) is 3.36. The van der Waals surface area contributed by atoms with Gasteiger partial charge in [-0.2, -0.15) is 8.42 Å². The van der Waals surface area contributed by atoms with Crippen LogP contribution >= 0.6 is 0 Å². The summed E-state index contributed by atoms with van der Waals surface area (Å²) >= 11 is 0. The molecule has 0 amide bonds. The van der Waals surface area contributed by atoms with Crippen LogP contribution in [0.1, 0.15) is 5.56 Å². The van der Waals surface area contributed by atoms with Gasteiger partial charge in [-0.15, -0.1) is 3.89 Å². The van der Waals surface area contributed by atoms with Crippen LogP contribution in [0.3, 0.4) is 0 Å². The van der Waals surface area contributed by atoms with Gasteiger partial charge in [0.1, 0.15) is 5.82 Å². The number of hydrogen-bond acceptors (Lipinski definition) is 2. The van der Waals surface area contributed by atoms with Crippen LogP contribution in [0.4, 0.5) is 8.28 Å². The summed E-state index contributed by atoms with van der Waals surface area (Å²) in [6, 6.07) is 5.48. The molecule has 1 aromatic carbocycles. The fourth-order valence-electron chi connectivity index (χ4n) is 0.765. The average molecular weight is 204 g/mol. The summed E-state index contributed by atoms with van der Waals surface area (Å²) in [7, 11) is -4.69. The minimum atomic E-state index is -4.69. The summed E-state index contributed by atoms with van der Waals surface area (Å²) in [4.78, 5) is 0. The molecule has 0 aliphatic rings. The lowest BCUT2D eigenvalue weighted by Crippen LogP contribution is -1.83. The molecule has 0 unspecified atom stereocenters. The average Bonchev–Trinajstić information content (AvgIpc) is 2.01. The van der Waals surface area contributed by atoms with Crippen molar-refractivity contribution in [1.29, 1.82) is 0 Å². The number of halogens is 2. The van der Waals surface area contributed by atoms with E-state index < -0.39 is 16.0 Å². The molecule has 0 aromatic heterocycles. The quantitative estimate of drug-likeness (QED) is 0.691. The fourth-order valence-corrected chi connectivity index (χ4v) is 1.07. The van der Waals surface area contributed by atoms with E-state index in [1.54, 1.807) is 0 Å². The predicted molar refractivity (Wildman–Crippen MR) is 45.5 cm³/mol. The van der Waals surface area contributed by atoms with Crippen LogP contribution in [0.25, 0.3) is 6.08 Å². The van der Waals surface area contributed by atoms with Gasteiger partial charge < -0.3 is 0 Å². The zero-order chi connectivity index (χ0) is 9.90. The second kappa shape index (κ2) is 3.66. The highest BCUT2D eigenvalue weighted by molar-refractivity contribution is 7.89. The van der Waals surface area contributed by atoms with Crippen LogP contribution in [-0.4, -0.2) is 8.42 Å². The number of hydrogen-bond donors (Lipinski definition) is 0. The van der Waals surface area contributed by atoms with Gasteiger partial charge in [0.05, 0.1) is 5.41 Å². The van der Waals surface area contributed by atoms with E-state index in [1.165, 1.54) is 18.2 Å². The molecule has 1 rings (SSSR count). The SMILES string of the molecule is O=S(=O)(F)/C=C/c1ccccc1F. The third kappa shape index (κ3) is 3.33. The van der Waals surface area contributed by atoms with Crippen LogP contribution in [-0.2, 0) is 10.2 Å². The van der Waals surface area contributed by atoms with Crippen molar-refractivity contribution in [2.75, 3.05) is 0 Å². The molecule has 2 nitrogen and oxygen atoms in total. The molecule has 0 heterocycles. The summed E-state index contributed by atoms with van der Waals surface area (Å²) in [6.07, 6.45) is 0.866. The van der Waals surface area contributed by atoms with Crippen LogP contribution in [0, 0.1) is 5.82 Å².